The summed E-state index contributed by atoms with van der Waals surface area (Å²) in [6.07, 6.45) is 1.16. The Morgan fingerprint density at radius 3 is 3.13 bits per heavy atom. The minimum atomic E-state index is 0.706. The SMILES string of the molecule is CCN1CCc2c(sc3nc(N)sc23)C1. The predicted molar refractivity (Wildman–Crippen MR) is 66.6 cm³/mol. The fourth-order valence-electron chi connectivity index (χ4n) is 2.09. The zero-order chi connectivity index (χ0) is 10.4. The van der Waals surface area contributed by atoms with Crippen LogP contribution in [0.15, 0.2) is 0 Å². The zero-order valence-corrected chi connectivity index (χ0v) is 10.2. The van der Waals surface area contributed by atoms with Gasteiger partial charge in [-0.1, -0.05) is 18.3 Å². The molecule has 0 radical (unpaired) electrons. The lowest BCUT2D eigenvalue weighted by Crippen LogP contribution is -2.29. The molecule has 0 amide bonds. The van der Waals surface area contributed by atoms with Crippen LogP contribution < -0.4 is 5.73 Å². The quantitative estimate of drug-likeness (QED) is 0.830. The van der Waals surface area contributed by atoms with Crippen molar-refractivity contribution in [1.82, 2.24) is 9.88 Å². The molecular weight excluding hydrogens is 226 g/mol. The second-order valence-electron chi connectivity index (χ2n) is 3.81. The highest BCUT2D eigenvalue weighted by Gasteiger charge is 2.21. The van der Waals surface area contributed by atoms with E-state index in [9.17, 15) is 0 Å². The highest BCUT2D eigenvalue weighted by atomic mass is 32.1. The summed E-state index contributed by atoms with van der Waals surface area (Å²) in [5.41, 5.74) is 7.23. The van der Waals surface area contributed by atoms with Gasteiger partial charge in [-0.2, -0.15) is 0 Å². The molecule has 0 bridgehead atoms. The van der Waals surface area contributed by atoms with Crippen LogP contribution in [0.1, 0.15) is 17.4 Å². The van der Waals surface area contributed by atoms with Gasteiger partial charge in [-0.3, -0.25) is 4.90 Å². The molecular formula is C10H13N3S2. The molecule has 0 aliphatic carbocycles. The molecule has 0 saturated carbocycles. The molecule has 0 unspecified atom stereocenters. The van der Waals surface area contributed by atoms with Crippen molar-refractivity contribution in [3.05, 3.63) is 10.4 Å². The number of thiazole rings is 1. The summed E-state index contributed by atoms with van der Waals surface area (Å²) >= 11 is 3.46. The third-order valence-corrected chi connectivity index (χ3v) is 5.12. The average Bonchev–Trinajstić information content (AvgIpc) is 2.72. The standard InChI is InChI=1S/C10H13N3S2/c1-2-13-4-3-6-7(5-13)14-9-8(6)15-10(11)12-9/h2-5H2,1H3,(H2,11,12). The van der Waals surface area contributed by atoms with Crippen molar-refractivity contribution in [3.63, 3.8) is 0 Å². The first kappa shape index (κ1) is 9.57. The first-order valence-electron chi connectivity index (χ1n) is 5.17. The van der Waals surface area contributed by atoms with Gasteiger partial charge in [0.15, 0.2) is 5.13 Å². The summed E-state index contributed by atoms with van der Waals surface area (Å²) < 4.78 is 1.34. The first-order valence-corrected chi connectivity index (χ1v) is 6.80. The second kappa shape index (κ2) is 3.43. The van der Waals surface area contributed by atoms with Crippen LogP contribution in [-0.2, 0) is 13.0 Å². The van der Waals surface area contributed by atoms with Crippen LogP contribution in [0.5, 0.6) is 0 Å². The fraction of sp³-hybridized carbons (Fsp3) is 0.500. The van der Waals surface area contributed by atoms with Crippen LogP contribution in [0.25, 0.3) is 9.53 Å². The van der Waals surface area contributed by atoms with Crippen molar-refractivity contribution in [1.29, 1.82) is 0 Å². The third-order valence-electron chi connectivity index (χ3n) is 2.94. The van der Waals surface area contributed by atoms with E-state index in [1.807, 2.05) is 11.3 Å². The predicted octanol–water partition coefficient (Wildman–Crippen LogP) is 2.32. The third kappa shape index (κ3) is 1.46. The van der Waals surface area contributed by atoms with E-state index in [4.69, 9.17) is 5.73 Å². The summed E-state index contributed by atoms with van der Waals surface area (Å²) in [5, 5.41) is 0.706. The molecule has 2 aromatic heterocycles. The van der Waals surface area contributed by atoms with Crippen LogP contribution in [0.4, 0.5) is 5.13 Å². The second-order valence-corrected chi connectivity index (χ2v) is 5.92. The molecule has 5 heteroatoms. The van der Waals surface area contributed by atoms with Gasteiger partial charge in [-0.25, -0.2) is 4.98 Å². The summed E-state index contributed by atoms with van der Waals surface area (Å²) in [7, 11) is 0. The lowest BCUT2D eigenvalue weighted by molar-refractivity contribution is 0.272. The van der Waals surface area contributed by atoms with Gasteiger partial charge in [0.25, 0.3) is 0 Å². The molecule has 0 aromatic carbocycles. The molecule has 0 atom stereocenters. The maximum Gasteiger partial charge on any atom is 0.181 e. The van der Waals surface area contributed by atoms with Crippen LogP contribution in [0.2, 0.25) is 0 Å². The topological polar surface area (TPSA) is 42.2 Å². The van der Waals surface area contributed by atoms with Crippen molar-refractivity contribution >= 4 is 37.3 Å². The average molecular weight is 239 g/mol. The largest absolute Gasteiger partial charge is 0.375 e. The van der Waals surface area contributed by atoms with Gasteiger partial charge in [0.2, 0.25) is 0 Å². The number of hydrogen-bond acceptors (Lipinski definition) is 5. The van der Waals surface area contributed by atoms with Crippen LogP contribution in [0, 0.1) is 0 Å². The van der Waals surface area contributed by atoms with Gasteiger partial charge in [-0.15, -0.1) is 11.3 Å². The van der Waals surface area contributed by atoms with Crippen molar-refractivity contribution in [2.45, 2.75) is 19.9 Å². The fourth-order valence-corrected chi connectivity index (χ4v) is 4.46. The van der Waals surface area contributed by atoms with E-state index in [2.05, 4.69) is 16.8 Å². The maximum atomic E-state index is 5.73. The number of anilines is 1. The summed E-state index contributed by atoms with van der Waals surface area (Å²) in [6.45, 7) is 5.63. The molecule has 2 aromatic rings. The Kier molecular flexibility index (Phi) is 2.19. The van der Waals surface area contributed by atoms with E-state index in [0.717, 1.165) is 24.3 Å². The Labute approximate surface area is 96.5 Å². The van der Waals surface area contributed by atoms with Gasteiger partial charge in [0, 0.05) is 18.0 Å². The van der Waals surface area contributed by atoms with Crippen molar-refractivity contribution in [2.24, 2.45) is 0 Å². The highest BCUT2D eigenvalue weighted by molar-refractivity contribution is 7.29. The molecule has 15 heavy (non-hydrogen) atoms. The monoisotopic (exact) mass is 239 g/mol. The van der Waals surface area contributed by atoms with E-state index in [1.165, 1.54) is 21.7 Å². The summed E-state index contributed by atoms with van der Waals surface area (Å²) in [5.74, 6) is 0. The Balaban J connectivity index is 2.09. The number of nitrogen functional groups attached to an aromatic ring is 1. The minimum absolute atomic E-state index is 0.706. The Morgan fingerprint density at radius 1 is 1.47 bits per heavy atom. The van der Waals surface area contributed by atoms with Gasteiger partial charge in [0.1, 0.15) is 4.83 Å². The molecule has 80 valence electrons. The number of aromatic nitrogens is 1. The molecule has 2 N–H and O–H groups in total. The highest BCUT2D eigenvalue weighted by Crippen LogP contribution is 2.38. The van der Waals surface area contributed by atoms with E-state index in [-0.39, 0.29) is 0 Å². The van der Waals surface area contributed by atoms with E-state index < -0.39 is 0 Å². The first-order chi connectivity index (χ1) is 7.28. The van der Waals surface area contributed by atoms with Crippen molar-refractivity contribution < 1.29 is 0 Å². The molecule has 1 aliphatic heterocycles. The molecule has 1 aliphatic rings. The molecule has 3 heterocycles. The van der Waals surface area contributed by atoms with Crippen LogP contribution in [0.3, 0.4) is 0 Å². The molecule has 0 fully saturated rings. The molecule has 0 spiro atoms. The smallest absolute Gasteiger partial charge is 0.181 e. The van der Waals surface area contributed by atoms with Crippen molar-refractivity contribution in [2.75, 3.05) is 18.8 Å². The van der Waals surface area contributed by atoms with E-state index in [1.54, 1.807) is 11.3 Å². The Hall–Kier alpha value is -0.650. The lowest BCUT2D eigenvalue weighted by atomic mass is 10.1. The Bertz CT molecular complexity index is 500. The Morgan fingerprint density at radius 2 is 2.33 bits per heavy atom. The van der Waals surface area contributed by atoms with Crippen LogP contribution >= 0.6 is 22.7 Å². The molecule has 0 saturated heterocycles. The number of hydrogen-bond donors (Lipinski definition) is 1. The number of nitrogens with zero attached hydrogens (tertiary/aromatic N) is 2. The lowest BCUT2D eigenvalue weighted by Gasteiger charge is -2.24. The normalized spacial score (nSPS) is 17.1. The summed E-state index contributed by atoms with van der Waals surface area (Å²) in [6, 6.07) is 0. The summed E-state index contributed by atoms with van der Waals surface area (Å²) in [4.78, 5) is 9.48. The zero-order valence-electron chi connectivity index (χ0n) is 8.62. The van der Waals surface area contributed by atoms with Crippen LogP contribution in [-0.4, -0.2) is 23.0 Å². The van der Waals surface area contributed by atoms with Crippen molar-refractivity contribution in [3.8, 4) is 0 Å². The van der Waals surface area contributed by atoms with Gasteiger partial charge < -0.3 is 5.73 Å². The number of likely N-dealkylation sites (N-methyl/N-ethyl adjacent to an activating group) is 1. The number of thiophene rings is 1. The van der Waals surface area contributed by atoms with Gasteiger partial charge in [0.05, 0.1) is 4.70 Å². The van der Waals surface area contributed by atoms with E-state index >= 15 is 0 Å². The maximum absolute atomic E-state index is 5.73. The molecule has 3 nitrogen and oxygen atoms in total. The number of rotatable bonds is 1. The van der Waals surface area contributed by atoms with Gasteiger partial charge in [-0.05, 0) is 18.5 Å². The number of nitrogens with two attached hydrogens (primary N) is 1. The van der Waals surface area contributed by atoms with E-state index in [0.29, 0.717) is 5.13 Å². The molecule has 3 rings (SSSR count). The number of fused-ring (bicyclic) bond motifs is 3. The minimum Gasteiger partial charge on any atom is -0.375 e. The van der Waals surface area contributed by atoms with Gasteiger partial charge >= 0.3 is 0 Å².